The van der Waals surface area contributed by atoms with Gasteiger partial charge in [0.25, 0.3) is 0 Å². The van der Waals surface area contributed by atoms with Crippen LogP contribution in [0.25, 0.3) is 71.9 Å². The normalized spacial score (nSPS) is 12.6. The van der Waals surface area contributed by atoms with Gasteiger partial charge in [-0.1, -0.05) is 0 Å². The molecule has 0 spiro atoms. The predicted octanol–water partition coefficient (Wildman–Crippen LogP) is 13.3. The minimum absolute atomic E-state index is 0. The molecule has 3 nitrogen and oxygen atoms in total. The average Bonchev–Trinajstić information content (AvgIpc) is 3.72. The Bertz CT molecular complexity index is 2990. The van der Waals surface area contributed by atoms with Gasteiger partial charge in [-0.15, -0.1) is 0 Å². The van der Waals surface area contributed by atoms with Crippen molar-refractivity contribution in [3.05, 3.63) is 132 Å². The van der Waals surface area contributed by atoms with E-state index in [0.29, 0.717) is 11.5 Å². The molecule has 0 bridgehead atoms. The molecule has 57 heavy (non-hydrogen) atoms. The Labute approximate surface area is 362 Å². The first kappa shape index (κ1) is 40.0. The van der Waals surface area contributed by atoms with Crippen LogP contribution in [0.1, 0.15) is 79.0 Å². The second-order valence-corrected chi connectivity index (χ2v) is 22.8. The van der Waals surface area contributed by atoms with Crippen LogP contribution in [0.15, 0.2) is 103 Å². The van der Waals surface area contributed by atoms with E-state index in [1.807, 2.05) is 12.4 Å². The molecule has 0 saturated heterocycles. The fourth-order valence-electron chi connectivity index (χ4n) is 7.74. The molecule has 4 aromatic heterocycles. The van der Waals surface area contributed by atoms with Crippen LogP contribution in [0, 0.1) is 17.5 Å². The number of hydrogen-bond donors (Lipinski definition) is 0. The van der Waals surface area contributed by atoms with Gasteiger partial charge >= 0.3 is 365 Å². The van der Waals surface area contributed by atoms with E-state index >= 15 is 0 Å². The molecule has 5 aromatic carbocycles. The molecular formula is C51H46N2OPtSe2. The van der Waals surface area contributed by atoms with Crippen LogP contribution in [0.5, 0.6) is 11.5 Å². The predicted molar refractivity (Wildman–Crippen MR) is 239 cm³/mol. The van der Waals surface area contributed by atoms with Crippen molar-refractivity contribution in [2.45, 2.75) is 79.6 Å². The Morgan fingerprint density at radius 2 is 1.30 bits per heavy atom. The largest absolute Gasteiger partial charge is 2.00 e. The van der Waals surface area contributed by atoms with Gasteiger partial charge in [0, 0.05) is 0 Å². The Balaban J connectivity index is 0.00000455. The van der Waals surface area contributed by atoms with Crippen molar-refractivity contribution < 1.29 is 25.8 Å². The summed E-state index contributed by atoms with van der Waals surface area (Å²) in [6.07, 6.45) is 4.96. The van der Waals surface area contributed by atoms with E-state index in [4.69, 9.17) is 14.7 Å². The fraction of sp³-hybridized carbons (Fsp3) is 0.255. The number of aromatic nitrogens is 2. The molecule has 6 heteroatoms. The summed E-state index contributed by atoms with van der Waals surface area (Å²) in [6.45, 7) is 20.4. The van der Waals surface area contributed by atoms with Crippen molar-refractivity contribution in [3.63, 3.8) is 0 Å². The topological polar surface area (TPSA) is 35.0 Å². The first-order chi connectivity index (χ1) is 26.6. The molecule has 0 aliphatic heterocycles. The van der Waals surface area contributed by atoms with Crippen molar-refractivity contribution >= 4 is 78.4 Å². The number of ether oxygens (including phenoxy) is 1. The van der Waals surface area contributed by atoms with E-state index in [1.54, 1.807) is 0 Å². The summed E-state index contributed by atoms with van der Waals surface area (Å²) in [4.78, 5) is 9.99. The minimum atomic E-state index is -0.124. The minimum Gasteiger partial charge on any atom is 2.00 e. The van der Waals surface area contributed by atoms with E-state index in [0.717, 1.165) is 28.9 Å². The first-order valence-corrected chi connectivity index (χ1v) is 22.9. The van der Waals surface area contributed by atoms with Gasteiger partial charge in [-0.3, -0.25) is 0 Å². The maximum atomic E-state index is 6.91. The zero-order chi connectivity index (χ0) is 39.1. The number of fused-ring (bicyclic) bond motifs is 8. The zero-order valence-electron chi connectivity index (χ0n) is 34.0. The van der Waals surface area contributed by atoms with Crippen LogP contribution >= 0.6 is 0 Å². The van der Waals surface area contributed by atoms with Crippen molar-refractivity contribution in [3.8, 4) is 34.0 Å². The third-order valence-corrected chi connectivity index (χ3v) is 15.8. The summed E-state index contributed by atoms with van der Waals surface area (Å²) < 4.78 is 12.3. The van der Waals surface area contributed by atoms with Gasteiger partial charge < -0.3 is 0 Å². The molecule has 0 atom stereocenters. The maximum absolute atomic E-state index is 6.91. The molecule has 0 radical (unpaired) electrons. The van der Waals surface area contributed by atoms with Crippen molar-refractivity contribution in [1.29, 1.82) is 0 Å². The Morgan fingerprint density at radius 1 is 0.579 bits per heavy atom. The molecule has 0 fully saturated rings. The van der Waals surface area contributed by atoms with Gasteiger partial charge in [0.05, 0.1) is 0 Å². The third-order valence-electron chi connectivity index (χ3n) is 10.6. The number of nitrogens with zero attached hydrogens (tertiary/aromatic N) is 2. The quantitative estimate of drug-likeness (QED) is 0.127. The van der Waals surface area contributed by atoms with Crippen LogP contribution in [-0.4, -0.2) is 39.0 Å². The molecule has 0 saturated carbocycles. The summed E-state index contributed by atoms with van der Waals surface area (Å²) in [5.74, 6) is 1.34. The van der Waals surface area contributed by atoms with Crippen LogP contribution < -0.4 is 4.74 Å². The van der Waals surface area contributed by atoms with Gasteiger partial charge in [0.1, 0.15) is 0 Å². The van der Waals surface area contributed by atoms with E-state index in [-0.39, 0.29) is 66.3 Å². The monoisotopic (exact) mass is 1060 g/mol. The molecule has 0 N–H and O–H groups in total. The van der Waals surface area contributed by atoms with Crippen molar-refractivity contribution in [1.82, 2.24) is 9.97 Å². The average molecular weight is 1060 g/mol. The van der Waals surface area contributed by atoms with E-state index in [1.165, 1.54) is 66.0 Å². The summed E-state index contributed by atoms with van der Waals surface area (Å²) in [5, 5.41) is 7.76. The first-order valence-electron chi connectivity index (χ1n) is 19.4. The summed E-state index contributed by atoms with van der Waals surface area (Å²) in [6, 6.07) is 41.0. The van der Waals surface area contributed by atoms with Gasteiger partial charge in [0.15, 0.2) is 0 Å². The van der Waals surface area contributed by atoms with Crippen molar-refractivity contribution in [2.24, 2.45) is 5.41 Å². The molecule has 9 rings (SSSR count). The smallest absolute Gasteiger partial charge is 2.00 e. The number of pyridine rings is 2. The molecule has 0 aliphatic carbocycles. The van der Waals surface area contributed by atoms with E-state index in [9.17, 15) is 0 Å². The second kappa shape index (κ2) is 14.8. The standard InChI is InChI=1S/C51H46N2OSe2.Pt/c1-49(2,3)29-30-14-16-37-31(22-30)15-17-39-40-19-21-53-45(48(40)56-46(37)39)32-23-34(51(7,8)9)25-35(24-32)54-36-27-41-38-12-10-11-13-44(38)55-47(41)42(28-36)43-26-33(18-20-52-43)50(4,5)6;/h10-23,25-27H,29H2,1-9H3;/q-2;+2. The molecule has 0 aliphatic rings. The Kier molecular flexibility index (Phi) is 10.4. The molecule has 4 heterocycles. The molecular weight excluding hydrogens is 1010 g/mol. The summed E-state index contributed by atoms with van der Waals surface area (Å²) >= 11 is 0.220. The van der Waals surface area contributed by atoms with Crippen LogP contribution in [0.3, 0.4) is 0 Å². The summed E-state index contributed by atoms with van der Waals surface area (Å²) in [7, 11) is 0. The molecule has 288 valence electrons. The Morgan fingerprint density at radius 3 is 2.07 bits per heavy atom. The molecule has 0 unspecified atom stereocenters. The van der Waals surface area contributed by atoms with E-state index in [2.05, 4.69) is 165 Å². The number of hydrogen-bond acceptors (Lipinski definition) is 3. The SMILES string of the molecule is CC(C)(C)Cc1ccc2c(ccc3c4ccnc(-c5[c-]c(Oc6[c-]c(-c7cc(C(C)(C)C)ccn7)c7[se]c8ccccc8c7c6)cc(C(C)(C)C)c5)c4[se]c23)c1.[Pt+2]. The second-order valence-electron chi connectivity index (χ2n) is 18.4. The van der Waals surface area contributed by atoms with Gasteiger partial charge in [-0.05, 0) is 0 Å². The van der Waals surface area contributed by atoms with E-state index < -0.39 is 0 Å². The maximum Gasteiger partial charge on any atom is 2.00 e. The number of benzene rings is 5. The van der Waals surface area contributed by atoms with Gasteiger partial charge in [0.2, 0.25) is 0 Å². The van der Waals surface area contributed by atoms with Crippen LogP contribution in [-0.2, 0) is 38.3 Å². The van der Waals surface area contributed by atoms with Gasteiger partial charge in [-0.2, -0.15) is 0 Å². The van der Waals surface area contributed by atoms with Crippen LogP contribution in [0.4, 0.5) is 0 Å². The molecule has 0 amide bonds. The Hall–Kier alpha value is -3.81. The van der Waals surface area contributed by atoms with Crippen molar-refractivity contribution in [2.75, 3.05) is 0 Å². The zero-order valence-corrected chi connectivity index (χ0v) is 39.7. The fourth-order valence-corrected chi connectivity index (χ4v) is 13.0. The van der Waals surface area contributed by atoms with Crippen LogP contribution in [0.2, 0.25) is 0 Å². The van der Waals surface area contributed by atoms with Gasteiger partial charge in [-0.25, -0.2) is 0 Å². The third kappa shape index (κ3) is 7.76. The summed E-state index contributed by atoms with van der Waals surface area (Å²) in [5.41, 5.74) is 7.85. The molecule has 9 aromatic rings. The number of rotatable bonds is 5.